The Hall–Kier alpha value is -2.58. The number of amides is 2. The van der Waals surface area contributed by atoms with E-state index in [9.17, 15) is 14.4 Å². The molecule has 1 aliphatic rings. The summed E-state index contributed by atoms with van der Waals surface area (Å²) >= 11 is 16.3. The molecule has 0 unspecified atom stereocenters. The number of thioether (sulfide) groups is 1. The highest BCUT2D eigenvalue weighted by atomic mass is 79.9. The third-order valence-corrected chi connectivity index (χ3v) is 6.79. The average molecular weight is 577 g/mol. The Balaban J connectivity index is 1.52. The van der Waals surface area contributed by atoms with Gasteiger partial charge < -0.3 is 4.74 Å². The van der Waals surface area contributed by atoms with E-state index in [1.807, 2.05) is 12.1 Å². The molecule has 0 saturated carbocycles. The molecule has 1 saturated heterocycles. The molecule has 3 aromatic rings. The van der Waals surface area contributed by atoms with E-state index in [0.717, 1.165) is 26.7 Å². The maximum absolute atomic E-state index is 12.9. The fraction of sp³-hybridized carbons (Fsp3) is 0.0800. The maximum Gasteiger partial charge on any atom is 0.293 e. The molecule has 0 bridgehead atoms. The Morgan fingerprint density at radius 1 is 1.00 bits per heavy atom. The number of carbonyl (C=O) groups excluding carboxylic acids is 3. The van der Waals surface area contributed by atoms with E-state index in [2.05, 4.69) is 15.9 Å². The van der Waals surface area contributed by atoms with Crippen molar-refractivity contribution in [2.24, 2.45) is 0 Å². The lowest BCUT2D eigenvalue weighted by Gasteiger charge is -2.12. The Kier molecular flexibility index (Phi) is 7.78. The first-order valence-corrected chi connectivity index (χ1v) is 12.4. The highest BCUT2D eigenvalue weighted by Gasteiger charge is 2.36. The summed E-state index contributed by atoms with van der Waals surface area (Å²) in [6.07, 6.45) is 1.55. The molecule has 0 aromatic heterocycles. The highest BCUT2D eigenvalue weighted by molar-refractivity contribution is 9.10. The van der Waals surface area contributed by atoms with Gasteiger partial charge in [-0.2, -0.15) is 0 Å². The van der Waals surface area contributed by atoms with E-state index in [1.54, 1.807) is 60.7 Å². The van der Waals surface area contributed by atoms with Gasteiger partial charge in [-0.1, -0.05) is 63.4 Å². The minimum absolute atomic E-state index is 0.184. The Labute approximate surface area is 218 Å². The van der Waals surface area contributed by atoms with Crippen LogP contribution in [0.1, 0.15) is 21.5 Å². The number of hydrogen-bond acceptors (Lipinski definition) is 5. The number of nitrogens with zero attached hydrogens (tertiary/aromatic N) is 1. The summed E-state index contributed by atoms with van der Waals surface area (Å²) in [5, 5.41) is 0.542. The number of imide groups is 1. The van der Waals surface area contributed by atoms with Crippen molar-refractivity contribution >= 4 is 73.9 Å². The fourth-order valence-electron chi connectivity index (χ4n) is 3.20. The van der Waals surface area contributed by atoms with E-state index in [4.69, 9.17) is 27.9 Å². The van der Waals surface area contributed by atoms with Crippen molar-refractivity contribution in [2.45, 2.75) is 6.61 Å². The van der Waals surface area contributed by atoms with Gasteiger partial charge >= 0.3 is 0 Å². The van der Waals surface area contributed by atoms with Crippen LogP contribution in [0.5, 0.6) is 5.75 Å². The highest BCUT2D eigenvalue weighted by Crippen LogP contribution is 2.35. The predicted molar refractivity (Wildman–Crippen MR) is 138 cm³/mol. The molecule has 1 heterocycles. The van der Waals surface area contributed by atoms with Crippen LogP contribution in [0.3, 0.4) is 0 Å². The first-order valence-electron chi connectivity index (χ1n) is 10.0. The number of Topliss-reactive ketones (excluding diaryl/α,β-unsaturated/α-hetero) is 1. The van der Waals surface area contributed by atoms with E-state index in [0.29, 0.717) is 26.9 Å². The van der Waals surface area contributed by atoms with E-state index in [1.165, 1.54) is 0 Å². The van der Waals surface area contributed by atoms with Gasteiger partial charge in [-0.25, -0.2) is 0 Å². The van der Waals surface area contributed by atoms with Gasteiger partial charge in [-0.15, -0.1) is 0 Å². The first-order chi connectivity index (χ1) is 16.3. The molecule has 1 aliphatic heterocycles. The molecule has 9 heteroatoms. The minimum atomic E-state index is -0.541. The van der Waals surface area contributed by atoms with Crippen LogP contribution in [-0.4, -0.2) is 28.4 Å². The molecular weight excluding hydrogens is 561 g/mol. The van der Waals surface area contributed by atoms with Gasteiger partial charge in [0.1, 0.15) is 12.4 Å². The Morgan fingerprint density at radius 2 is 1.74 bits per heavy atom. The number of benzene rings is 3. The second-order valence-electron chi connectivity index (χ2n) is 7.30. The van der Waals surface area contributed by atoms with Gasteiger partial charge in [-0.05, 0) is 65.9 Å². The van der Waals surface area contributed by atoms with Crippen molar-refractivity contribution in [1.29, 1.82) is 0 Å². The summed E-state index contributed by atoms with van der Waals surface area (Å²) < 4.78 is 6.75. The maximum atomic E-state index is 12.9. The molecule has 5 nitrogen and oxygen atoms in total. The SMILES string of the molecule is O=C(CN1C(=O)S/C(=C/c2cc(Cl)ccc2OCc2cccc(Cl)c2)C1=O)c1ccc(Br)cc1. The molecule has 2 amide bonds. The zero-order valence-corrected chi connectivity index (χ0v) is 21.4. The Bertz CT molecular complexity index is 1310. The third kappa shape index (κ3) is 5.91. The van der Waals surface area contributed by atoms with Crippen molar-refractivity contribution < 1.29 is 19.1 Å². The predicted octanol–water partition coefficient (Wildman–Crippen LogP) is 7.25. The molecular formula is C25H16BrCl2NO4S. The van der Waals surface area contributed by atoms with Gasteiger partial charge in [0.05, 0.1) is 11.4 Å². The summed E-state index contributed by atoms with van der Waals surface area (Å²) in [5.41, 5.74) is 1.83. The largest absolute Gasteiger partial charge is 0.488 e. The lowest BCUT2D eigenvalue weighted by atomic mass is 10.1. The van der Waals surface area contributed by atoms with Gasteiger partial charge in [0, 0.05) is 25.6 Å². The monoisotopic (exact) mass is 575 g/mol. The number of ether oxygens (including phenoxy) is 1. The molecule has 34 heavy (non-hydrogen) atoms. The zero-order valence-electron chi connectivity index (χ0n) is 17.5. The summed E-state index contributed by atoms with van der Waals surface area (Å²) in [6.45, 7) is -0.0799. The molecule has 172 valence electrons. The molecule has 1 fully saturated rings. The fourth-order valence-corrected chi connectivity index (χ4v) is 4.69. The summed E-state index contributed by atoms with van der Waals surface area (Å²) in [6, 6.07) is 19.0. The average Bonchev–Trinajstić information content (AvgIpc) is 3.06. The number of ketones is 1. The van der Waals surface area contributed by atoms with Crippen molar-refractivity contribution in [3.8, 4) is 5.75 Å². The number of carbonyl (C=O) groups is 3. The van der Waals surface area contributed by atoms with Gasteiger partial charge in [0.2, 0.25) is 0 Å². The zero-order chi connectivity index (χ0) is 24.2. The van der Waals surface area contributed by atoms with Crippen molar-refractivity contribution in [1.82, 2.24) is 4.90 Å². The second-order valence-corrected chi connectivity index (χ2v) is 10.1. The number of rotatable bonds is 7. The van der Waals surface area contributed by atoms with Crippen molar-refractivity contribution in [2.75, 3.05) is 6.54 Å². The van der Waals surface area contributed by atoms with Gasteiger partial charge in [0.25, 0.3) is 11.1 Å². The van der Waals surface area contributed by atoms with Crippen LogP contribution in [0.15, 0.2) is 76.1 Å². The van der Waals surface area contributed by atoms with Crippen molar-refractivity contribution in [3.05, 3.63) is 103 Å². The molecule has 0 radical (unpaired) electrons. The molecule has 3 aromatic carbocycles. The standard InChI is InChI=1S/C25H16BrCl2NO4S/c26-18-6-4-16(5-7-18)21(30)13-29-24(31)23(34-25(29)32)12-17-11-20(28)8-9-22(17)33-14-15-2-1-3-19(27)10-15/h1-12H,13-14H2/b23-12+. The first kappa shape index (κ1) is 24.5. The van der Waals surface area contributed by atoms with E-state index < -0.39 is 11.1 Å². The minimum Gasteiger partial charge on any atom is -0.488 e. The number of hydrogen-bond donors (Lipinski definition) is 0. The van der Waals surface area contributed by atoms with Crippen LogP contribution in [0.4, 0.5) is 4.79 Å². The molecule has 0 aliphatic carbocycles. The second kappa shape index (κ2) is 10.8. The van der Waals surface area contributed by atoms with E-state index >= 15 is 0 Å². The van der Waals surface area contributed by atoms with Crippen LogP contribution < -0.4 is 4.74 Å². The van der Waals surface area contributed by atoms with Crippen molar-refractivity contribution in [3.63, 3.8) is 0 Å². The molecule has 0 atom stereocenters. The van der Waals surface area contributed by atoms with Gasteiger partial charge in [0.15, 0.2) is 5.78 Å². The third-order valence-electron chi connectivity index (χ3n) is 4.88. The topological polar surface area (TPSA) is 63.7 Å². The Morgan fingerprint density at radius 3 is 2.47 bits per heavy atom. The van der Waals surface area contributed by atoms with Crippen LogP contribution in [0.25, 0.3) is 6.08 Å². The lowest BCUT2D eigenvalue weighted by Crippen LogP contribution is -2.33. The van der Waals surface area contributed by atoms with Crippen LogP contribution in [0.2, 0.25) is 10.0 Å². The van der Waals surface area contributed by atoms with E-state index in [-0.39, 0.29) is 23.8 Å². The smallest absolute Gasteiger partial charge is 0.293 e. The molecule has 0 spiro atoms. The summed E-state index contributed by atoms with van der Waals surface area (Å²) in [7, 11) is 0. The lowest BCUT2D eigenvalue weighted by molar-refractivity contribution is -0.122. The molecule has 0 N–H and O–H groups in total. The normalized spacial score (nSPS) is 14.7. The summed E-state index contributed by atoms with van der Waals surface area (Å²) in [5.74, 6) is -0.382. The van der Waals surface area contributed by atoms with Crippen LogP contribution in [-0.2, 0) is 11.4 Å². The van der Waals surface area contributed by atoms with Crippen LogP contribution in [0, 0.1) is 0 Å². The van der Waals surface area contributed by atoms with Gasteiger partial charge in [-0.3, -0.25) is 19.3 Å². The summed E-state index contributed by atoms with van der Waals surface area (Å²) in [4.78, 5) is 39.1. The number of halogens is 3. The molecule has 4 rings (SSSR count). The quantitative estimate of drug-likeness (QED) is 0.219. The van der Waals surface area contributed by atoms with Crippen LogP contribution >= 0.6 is 50.9 Å².